The molecule has 1 fully saturated rings. The number of urea groups is 1. The first-order chi connectivity index (χ1) is 11.5. The molecular weight excluding hydrogens is 312 g/mol. The van der Waals surface area contributed by atoms with Gasteiger partial charge in [0.15, 0.2) is 0 Å². The molecule has 3 aliphatic rings. The maximum Gasteiger partial charge on any atom is 0.322 e. The van der Waals surface area contributed by atoms with Crippen LogP contribution in [0.2, 0.25) is 0 Å². The summed E-state index contributed by atoms with van der Waals surface area (Å²) in [6.45, 7) is 0.425. The molecule has 1 aliphatic carbocycles. The molecule has 1 atom stereocenters. The number of non-ortho nitro benzene ring substituents is 1. The summed E-state index contributed by atoms with van der Waals surface area (Å²) in [5, 5.41) is 13.8. The average molecular weight is 328 g/mol. The van der Waals surface area contributed by atoms with E-state index in [0.717, 1.165) is 12.8 Å². The normalized spacial score (nSPS) is 23.5. The third kappa shape index (κ3) is 2.14. The molecule has 4 rings (SSSR count). The molecule has 8 nitrogen and oxygen atoms in total. The van der Waals surface area contributed by atoms with Crippen LogP contribution in [-0.4, -0.2) is 46.3 Å². The van der Waals surface area contributed by atoms with Gasteiger partial charge in [-0.25, -0.2) is 4.79 Å². The Morgan fingerprint density at radius 3 is 2.71 bits per heavy atom. The van der Waals surface area contributed by atoms with E-state index in [1.165, 1.54) is 17.0 Å². The summed E-state index contributed by atoms with van der Waals surface area (Å²) in [6, 6.07) is 5.35. The van der Waals surface area contributed by atoms with Gasteiger partial charge < -0.3 is 10.2 Å². The number of hydrogen-bond donors (Lipinski definition) is 1. The first-order valence-electron chi connectivity index (χ1n) is 7.80. The number of hydrogen-bond acceptors (Lipinski definition) is 4. The minimum Gasteiger partial charge on any atom is -0.330 e. The molecule has 0 bridgehead atoms. The van der Waals surface area contributed by atoms with E-state index < -0.39 is 11.0 Å². The first kappa shape index (κ1) is 14.7. The fraction of sp³-hybridized carbons (Fsp3) is 0.375. The topological polar surface area (TPSA) is 95.8 Å². The standard InChI is InChI=1S/C16H16N4O4/c1-18-12-8-19(10-5-6-10)15(21)13(12)14(17-16(18)22)9-3-2-4-11(7-9)20(23)24/h2-4,7,10,14H,5-6,8H2,1H3,(H,17,22). The fourth-order valence-corrected chi connectivity index (χ4v) is 3.34. The molecule has 0 saturated heterocycles. The van der Waals surface area contributed by atoms with Crippen LogP contribution in [0.15, 0.2) is 35.5 Å². The SMILES string of the molecule is CN1C(=O)NC(c2cccc([N+](=O)[O-])c2)C2=C1CN(C1CC1)C2=O. The van der Waals surface area contributed by atoms with Crippen molar-refractivity contribution in [2.75, 3.05) is 13.6 Å². The van der Waals surface area contributed by atoms with Gasteiger partial charge in [-0.1, -0.05) is 12.1 Å². The van der Waals surface area contributed by atoms with Crippen LogP contribution in [0.4, 0.5) is 10.5 Å². The lowest BCUT2D eigenvalue weighted by molar-refractivity contribution is -0.384. The zero-order valence-corrected chi connectivity index (χ0v) is 13.1. The second-order valence-corrected chi connectivity index (χ2v) is 6.32. The summed E-state index contributed by atoms with van der Waals surface area (Å²) in [5.41, 5.74) is 1.69. The zero-order chi connectivity index (χ0) is 17.0. The van der Waals surface area contributed by atoms with Crippen molar-refractivity contribution < 1.29 is 14.5 Å². The number of likely N-dealkylation sites (N-methyl/N-ethyl adjacent to an activating group) is 1. The van der Waals surface area contributed by atoms with Gasteiger partial charge in [0.1, 0.15) is 0 Å². The highest BCUT2D eigenvalue weighted by molar-refractivity contribution is 6.01. The van der Waals surface area contributed by atoms with Gasteiger partial charge in [0, 0.05) is 25.2 Å². The summed E-state index contributed by atoms with van der Waals surface area (Å²) in [4.78, 5) is 38.9. The van der Waals surface area contributed by atoms with E-state index in [1.807, 2.05) is 0 Å². The monoisotopic (exact) mass is 328 g/mol. The van der Waals surface area contributed by atoms with Gasteiger partial charge in [-0.15, -0.1) is 0 Å². The molecule has 0 radical (unpaired) electrons. The highest BCUT2D eigenvalue weighted by atomic mass is 16.6. The smallest absolute Gasteiger partial charge is 0.322 e. The van der Waals surface area contributed by atoms with E-state index in [9.17, 15) is 19.7 Å². The third-order valence-electron chi connectivity index (χ3n) is 4.79. The molecule has 1 N–H and O–H groups in total. The zero-order valence-electron chi connectivity index (χ0n) is 13.1. The van der Waals surface area contributed by atoms with Crippen molar-refractivity contribution in [1.29, 1.82) is 0 Å². The number of nitrogens with one attached hydrogen (secondary N) is 1. The van der Waals surface area contributed by atoms with E-state index in [1.54, 1.807) is 24.1 Å². The molecule has 1 aromatic rings. The number of benzene rings is 1. The van der Waals surface area contributed by atoms with Gasteiger partial charge in [0.2, 0.25) is 0 Å². The van der Waals surface area contributed by atoms with Crippen molar-refractivity contribution >= 4 is 17.6 Å². The summed E-state index contributed by atoms with van der Waals surface area (Å²) < 4.78 is 0. The number of nitrogens with zero attached hydrogens (tertiary/aromatic N) is 3. The first-order valence-corrected chi connectivity index (χ1v) is 7.80. The van der Waals surface area contributed by atoms with Crippen LogP contribution in [0, 0.1) is 10.1 Å². The second kappa shape index (κ2) is 5.05. The summed E-state index contributed by atoms with van der Waals surface area (Å²) >= 11 is 0. The molecule has 3 amide bonds. The Morgan fingerprint density at radius 1 is 1.29 bits per heavy atom. The molecule has 1 aromatic carbocycles. The van der Waals surface area contributed by atoms with Gasteiger partial charge in [-0.3, -0.25) is 19.8 Å². The van der Waals surface area contributed by atoms with Gasteiger partial charge in [-0.2, -0.15) is 0 Å². The van der Waals surface area contributed by atoms with E-state index in [0.29, 0.717) is 23.4 Å². The lowest BCUT2D eigenvalue weighted by atomic mass is 9.95. The molecular formula is C16H16N4O4. The van der Waals surface area contributed by atoms with Gasteiger partial charge in [-0.05, 0) is 18.4 Å². The van der Waals surface area contributed by atoms with Crippen molar-refractivity contribution in [3.63, 3.8) is 0 Å². The summed E-state index contributed by atoms with van der Waals surface area (Å²) in [6.07, 6.45) is 1.97. The number of carbonyl (C=O) groups is 2. The Morgan fingerprint density at radius 2 is 2.04 bits per heavy atom. The Balaban J connectivity index is 1.77. The van der Waals surface area contributed by atoms with Crippen LogP contribution >= 0.6 is 0 Å². The minimum atomic E-state index is -0.653. The van der Waals surface area contributed by atoms with Gasteiger partial charge in [0.25, 0.3) is 11.6 Å². The molecule has 8 heteroatoms. The summed E-state index contributed by atoms with van der Waals surface area (Å²) in [5.74, 6) is -0.0872. The lowest BCUT2D eigenvalue weighted by Gasteiger charge is -2.31. The van der Waals surface area contributed by atoms with Crippen LogP contribution in [-0.2, 0) is 4.79 Å². The molecule has 124 valence electrons. The Kier molecular flexibility index (Phi) is 3.09. The highest BCUT2D eigenvalue weighted by Gasteiger charge is 2.47. The molecule has 0 spiro atoms. The summed E-state index contributed by atoms with van der Waals surface area (Å²) in [7, 11) is 1.64. The van der Waals surface area contributed by atoms with Crippen LogP contribution < -0.4 is 5.32 Å². The highest BCUT2D eigenvalue weighted by Crippen LogP contribution is 2.40. The van der Waals surface area contributed by atoms with Crippen LogP contribution in [0.3, 0.4) is 0 Å². The predicted molar refractivity (Wildman–Crippen MR) is 83.9 cm³/mol. The van der Waals surface area contributed by atoms with E-state index in [4.69, 9.17) is 0 Å². The van der Waals surface area contributed by atoms with Crippen molar-refractivity contribution in [3.8, 4) is 0 Å². The minimum absolute atomic E-state index is 0.0627. The van der Waals surface area contributed by atoms with Crippen molar-refractivity contribution in [2.45, 2.75) is 24.9 Å². The van der Waals surface area contributed by atoms with Crippen molar-refractivity contribution in [1.82, 2.24) is 15.1 Å². The Bertz CT molecular complexity index is 799. The predicted octanol–water partition coefficient (Wildman–Crippen LogP) is 1.55. The van der Waals surface area contributed by atoms with E-state index in [2.05, 4.69) is 5.32 Å². The molecule has 1 unspecified atom stereocenters. The number of rotatable bonds is 3. The number of carbonyl (C=O) groups excluding carboxylic acids is 2. The molecule has 24 heavy (non-hydrogen) atoms. The molecule has 2 heterocycles. The number of amides is 3. The van der Waals surface area contributed by atoms with Crippen LogP contribution in [0.5, 0.6) is 0 Å². The van der Waals surface area contributed by atoms with Crippen LogP contribution in [0.25, 0.3) is 0 Å². The quantitative estimate of drug-likeness (QED) is 0.672. The van der Waals surface area contributed by atoms with E-state index >= 15 is 0 Å². The average Bonchev–Trinajstić information content (AvgIpc) is 3.35. The van der Waals surface area contributed by atoms with Gasteiger partial charge in [0.05, 0.1) is 28.8 Å². The maximum absolute atomic E-state index is 12.8. The van der Waals surface area contributed by atoms with E-state index in [-0.39, 0.29) is 23.7 Å². The molecule has 1 saturated carbocycles. The lowest BCUT2D eigenvalue weighted by Crippen LogP contribution is -2.45. The fourth-order valence-electron chi connectivity index (χ4n) is 3.34. The molecule has 2 aliphatic heterocycles. The largest absolute Gasteiger partial charge is 0.330 e. The Labute approximate surface area is 137 Å². The van der Waals surface area contributed by atoms with Crippen molar-refractivity contribution in [2.24, 2.45) is 0 Å². The number of nitro benzene ring substituents is 1. The third-order valence-corrected chi connectivity index (χ3v) is 4.79. The Hall–Kier alpha value is -2.90. The van der Waals surface area contributed by atoms with Gasteiger partial charge >= 0.3 is 6.03 Å². The van der Waals surface area contributed by atoms with Crippen molar-refractivity contribution in [3.05, 3.63) is 51.2 Å². The number of nitro groups is 1. The molecule has 0 aromatic heterocycles. The second-order valence-electron chi connectivity index (χ2n) is 6.32. The van der Waals surface area contributed by atoms with Crippen LogP contribution in [0.1, 0.15) is 24.4 Å². The maximum atomic E-state index is 12.8.